The number of amides is 1. The Bertz CT molecular complexity index is 1150. The molecule has 3 aromatic rings. The molecule has 6 nitrogen and oxygen atoms in total. The zero-order valence-corrected chi connectivity index (χ0v) is 21.6. The van der Waals surface area contributed by atoms with E-state index >= 15 is 0 Å². The first-order chi connectivity index (χ1) is 17.2. The van der Waals surface area contributed by atoms with E-state index in [1.807, 2.05) is 62.4 Å². The van der Waals surface area contributed by atoms with Gasteiger partial charge in [-0.05, 0) is 86.2 Å². The van der Waals surface area contributed by atoms with Crippen molar-refractivity contribution in [3.8, 4) is 5.75 Å². The summed E-state index contributed by atoms with van der Waals surface area (Å²) in [7, 11) is 0. The van der Waals surface area contributed by atoms with Crippen LogP contribution in [-0.4, -0.2) is 39.9 Å². The molecule has 0 spiro atoms. The van der Waals surface area contributed by atoms with Gasteiger partial charge in [0.2, 0.25) is 0 Å². The Kier molecular flexibility index (Phi) is 9.90. The zero-order valence-electron chi connectivity index (χ0n) is 20.8. The molecule has 0 aliphatic heterocycles. The lowest BCUT2D eigenvalue weighted by Gasteiger charge is -2.28. The van der Waals surface area contributed by atoms with Crippen LogP contribution in [0.15, 0.2) is 66.7 Å². The van der Waals surface area contributed by atoms with Crippen molar-refractivity contribution in [1.82, 2.24) is 10.6 Å². The maximum Gasteiger partial charge on any atom is 0.251 e. The average Bonchev–Trinajstić information content (AvgIpc) is 2.86. The number of rotatable bonds is 12. The number of aryl methyl sites for hydroxylation is 1. The van der Waals surface area contributed by atoms with Crippen LogP contribution in [0.1, 0.15) is 59.0 Å². The van der Waals surface area contributed by atoms with E-state index in [0.29, 0.717) is 36.2 Å². The van der Waals surface area contributed by atoms with E-state index in [4.69, 9.17) is 11.6 Å². The van der Waals surface area contributed by atoms with Gasteiger partial charge in [-0.1, -0.05) is 41.9 Å². The maximum absolute atomic E-state index is 12.7. The molecule has 0 heterocycles. The highest BCUT2D eigenvalue weighted by atomic mass is 35.5. The van der Waals surface area contributed by atoms with Crippen LogP contribution in [0.5, 0.6) is 5.75 Å². The van der Waals surface area contributed by atoms with Gasteiger partial charge in [-0.3, -0.25) is 4.79 Å². The van der Waals surface area contributed by atoms with Gasteiger partial charge in [-0.2, -0.15) is 0 Å². The largest absolute Gasteiger partial charge is 0.508 e. The van der Waals surface area contributed by atoms with Gasteiger partial charge < -0.3 is 26.0 Å². The van der Waals surface area contributed by atoms with E-state index in [-0.39, 0.29) is 23.8 Å². The molecule has 0 aliphatic rings. The molecule has 1 amide bonds. The number of aliphatic hydroxyl groups excluding tert-OH is 2. The second kappa shape index (κ2) is 12.9. The van der Waals surface area contributed by atoms with Crippen LogP contribution in [0.25, 0.3) is 0 Å². The van der Waals surface area contributed by atoms with Crippen molar-refractivity contribution < 1.29 is 20.1 Å². The van der Waals surface area contributed by atoms with Crippen molar-refractivity contribution >= 4 is 17.5 Å². The van der Waals surface area contributed by atoms with Crippen molar-refractivity contribution in [3.63, 3.8) is 0 Å². The smallest absolute Gasteiger partial charge is 0.251 e. The molecule has 1 atom stereocenters. The van der Waals surface area contributed by atoms with E-state index in [9.17, 15) is 20.1 Å². The monoisotopic (exact) mass is 510 g/mol. The fraction of sp³-hybridized carbons (Fsp3) is 0.345. The lowest BCUT2D eigenvalue weighted by atomic mass is 9.93. The number of carbonyl (C=O) groups is 1. The van der Waals surface area contributed by atoms with Crippen molar-refractivity contribution in [3.05, 3.63) is 99.6 Å². The molecule has 3 rings (SSSR count). The van der Waals surface area contributed by atoms with E-state index < -0.39 is 6.10 Å². The van der Waals surface area contributed by atoms with Gasteiger partial charge in [-0.25, -0.2) is 0 Å². The van der Waals surface area contributed by atoms with Crippen LogP contribution in [0.3, 0.4) is 0 Å². The molecule has 5 N–H and O–H groups in total. The fourth-order valence-corrected chi connectivity index (χ4v) is 4.20. The predicted octanol–water partition coefficient (Wildman–Crippen LogP) is 4.54. The number of carbonyl (C=O) groups excluding carboxylic acids is 1. The van der Waals surface area contributed by atoms with Crippen LogP contribution in [0, 0.1) is 0 Å². The fourth-order valence-electron chi connectivity index (χ4n) is 4.07. The molecule has 0 aliphatic carbocycles. The molecule has 0 unspecified atom stereocenters. The number of aliphatic hydroxyl groups is 2. The first-order valence-electron chi connectivity index (χ1n) is 12.1. The number of hydrogen-bond acceptors (Lipinski definition) is 5. The SMILES string of the molecule is CC(C)(Cc1cccc(C(=O)NCCCc2ccc(Cl)cc2)c1)NC[C@H](O)c1ccc(O)c(CO)c1. The lowest BCUT2D eigenvalue weighted by molar-refractivity contribution is 0.0953. The standard InChI is InChI=1S/C29H35ClN2O4/c1-29(2,32-18-27(35)22-10-13-26(34)24(16-22)19-33)17-21-5-3-7-23(15-21)28(36)31-14-4-6-20-8-11-25(30)12-9-20/h3,5,7-13,15-16,27,32-35H,4,6,14,17-19H2,1-2H3,(H,31,36)/t27-/m0/s1. The van der Waals surface area contributed by atoms with Crippen LogP contribution >= 0.6 is 11.6 Å². The van der Waals surface area contributed by atoms with Gasteiger partial charge in [0.05, 0.1) is 12.7 Å². The third-order valence-corrected chi connectivity index (χ3v) is 6.36. The molecular weight excluding hydrogens is 476 g/mol. The summed E-state index contributed by atoms with van der Waals surface area (Å²) in [6, 6.07) is 20.1. The third-order valence-electron chi connectivity index (χ3n) is 6.11. The molecule has 0 fully saturated rings. The summed E-state index contributed by atoms with van der Waals surface area (Å²) < 4.78 is 0. The number of benzene rings is 3. The summed E-state index contributed by atoms with van der Waals surface area (Å²) in [5, 5.41) is 36.7. The Labute approximate surface area is 218 Å². The quantitative estimate of drug-likeness (QED) is 0.230. The number of hydrogen-bond donors (Lipinski definition) is 5. The zero-order chi connectivity index (χ0) is 26.1. The van der Waals surface area contributed by atoms with Crippen molar-refractivity contribution in [2.75, 3.05) is 13.1 Å². The topological polar surface area (TPSA) is 102 Å². The molecule has 0 bridgehead atoms. The van der Waals surface area contributed by atoms with E-state index in [1.165, 1.54) is 11.6 Å². The summed E-state index contributed by atoms with van der Waals surface area (Å²) >= 11 is 5.92. The predicted molar refractivity (Wildman–Crippen MR) is 143 cm³/mol. The normalized spacial score (nSPS) is 12.4. The van der Waals surface area contributed by atoms with Gasteiger partial charge in [0.15, 0.2) is 0 Å². The van der Waals surface area contributed by atoms with Crippen LogP contribution in [0.4, 0.5) is 0 Å². The molecule has 0 aromatic heterocycles. The Morgan fingerprint density at radius 3 is 2.50 bits per heavy atom. The first kappa shape index (κ1) is 27.7. The lowest BCUT2D eigenvalue weighted by Crippen LogP contribution is -2.43. The van der Waals surface area contributed by atoms with Crippen molar-refractivity contribution in [2.24, 2.45) is 0 Å². The van der Waals surface area contributed by atoms with Crippen molar-refractivity contribution in [2.45, 2.75) is 51.4 Å². The summed E-state index contributed by atoms with van der Waals surface area (Å²) in [5.74, 6) is -0.0895. The minimum absolute atomic E-state index is 0.00668. The summed E-state index contributed by atoms with van der Waals surface area (Å²) in [6.45, 7) is 4.68. The molecule has 192 valence electrons. The number of nitrogens with one attached hydrogen (secondary N) is 2. The summed E-state index contributed by atoms with van der Waals surface area (Å²) in [5.41, 5.74) is 3.49. The molecule has 0 radical (unpaired) electrons. The molecule has 3 aromatic carbocycles. The highest BCUT2D eigenvalue weighted by Gasteiger charge is 2.21. The van der Waals surface area contributed by atoms with Crippen LogP contribution in [0.2, 0.25) is 5.02 Å². The van der Waals surface area contributed by atoms with E-state index in [2.05, 4.69) is 10.6 Å². The van der Waals surface area contributed by atoms with E-state index in [0.717, 1.165) is 23.4 Å². The van der Waals surface area contributed by atoms with Gasteiger partial charge in [0, 0.05) is 34.8 Å². The third kappa shape index (κ3) is 8.35. The molecule has 36 heavy (non-hydrogen) atoms. The summed E-state index contributed by atoms with van der Waals surface area (Å²) in [4.78, 5) is 12.7. The van der Waals surface area contributed by atoms with Crippen LogP contribution in [-0.2, 0) is 19.4 Å². The van der Waals surface area contributed by atoms with Gasteiger partial charge in [0.25, 0.3) is 5.91 Å². The second-order valence-corrected chi connectivity index (χ2v) is 10.1. The van der Waals surface area contributed by atoms with E-state index in [1.54, 1.807) is 12.1 Å². The molecular formula is C29H35ClN2O4. The van der Waals surface area contributed by atoms with Gasteiger partial charge in [-0.15, -0.1) is 0 Å². The molecule has 0 saturated carbocycles. The number of phenols is 1. The number of aromatic hydroxyl groups is 1. The minimum atomic E-state index is -0.792. The second-order valence-electron chi connectivity index (χ2n) is 9.69. The van der Waals surface area contributed by atoms with Crippen LogP contribution < -0.4 is 10.6 Å². The highest BCUT2D eigenvalue weighted by Crippen LogP contribution is 2.23. The molecule has 7 heteroatoms. The highest BCUT2D eigenvalue weighted by molar-refractivity contribution is 6.30. The summed E-state index contributed by atoms with van der Waals surface area (Å²) in [6.07, 6.45) is 1.58. The Balaban J connectivity index is 1.49. The number of halogens is 1. The van der Waals surface area contributed by atoms with Crippen molar-refractivity contribution in [1.29, 1.82) is 0 Å². The van der Waals surface area contributed by atoms with Gasteiger partial charge >= 0.3 is 0 Å². The first-order valence-corrected chi connectivity index (χ1v) is 12.5. The minimum Gasteiger partial charge on any atom is -0.508 e. The Hall–Kier alpha value is -2.90. The Morgan fingerprint density at radius 1 is 1.03 bits per heavy atom. The van der Waals surface area contributed by atoms with Gasteiger partial charge in [0.1, 0.15) is 5.75 Å². The molecule has 0 saturated heterocycles. The number of β-amino-alcohol motifs (C(OH)–C–C–N with tert-alkyl or cyclic N) is 1. The average molecular weight is 511 g/mol. The Morgan fingerprint density at radius 2 is 1.78 bits per heavy atom. The maximum atomic E-state index is 12.7.